The Hall–Kier alpha value is -2.45. The van der Waals surface area contributed by atoms with Crippen LogP contribution >= 0.6 is 0 Å². The minimum Gasteiger partial charge on any atom is -0.398 e. The summed E-state index contributed by atoms with van der Waals surface area (Å²) in [6.45, 7) is 2.95. The molecule has 4 fully saturated rings. The second kappa shape index (κ2) is 7.85. The van der Waals surface area contributed by atoms with Crippen LogP contribution in [0.25, 0.3) is 0 Å². The molecule has 0 aliphatic carbocycles. The zero-order chi connectivity index (χ0) is 21.8. The number of nitrogen functional groups attached to an aromatic ring is 2. The van der Waals surface area contributed by atoms with E-state index in [1.165, 1.54) is 0 Å². The van der Waals surface area contributed by atoms with E-state index in [2.05, 4.69) is 0 Å². The molecule has 4 atom stereocenters. The van der Waals surface area contributed by atoms with E-state index < -0.39 is 0 Å². The molecule has 4 heterocycles. The molecule has 0 amide bonds. The van der Waals surface area contributed by atoms with Crippen LogP contribution in [0.1, 0.15) is 38.2 Å². The summed E-state index contributed by atoms with van der Waals surface area (Å²) in [5.74, 6) is -0.108. The first-order valence-electron chi connectivity index (χ1n) is 11.4. The molecule has 0 bridgehead atoms. The van der Waals surface area contributed by atoms with E-state index in [-0.39, 0.29) is 30.2 Å². The summed E-state index contributed by atoms with van der Waals surface area (Å²) in [5.41, 5.74) is 19.1. The third-order valence-corrected chi connectivity index (χ3v) is 6.71. The molecule has 4 aliphatic rings. The van der Waals surface area contributed by atoms with Crippen LogP contribution in [0.5, 0.6) is 0 Å². The van der Waals surface area contributed by atoms with Crippen molar-refractivity contribution in [2.45, 2.75) is 50.1 Å². The van der Waals surface area contributed by atoms with Crippen LogP contribution < -0.4 is 11.5 Å². The Balaban J connectivity index is 1.45. The molecular weight excluding hydrogens is 408 g/mol. The highest BCUT2D eigenvalue weighted by molar-refractivity contribution is 6.17. The van der Waals surface area contributed by atoms with E-state index in [4.69, 9.17) is 30.4 Å². The maximum Gasteiger partial charge on any atom is 0.197 e. The van der Waals surface area contributed by atoms with Gasteiger partial charge in [-0.15, -0.1) is 0 Å². The fourth-order valence-corrected chi connectivity index (χ4v) is 4.62. The summed E-state index contributed by atoms with van der Waals surface area (Å²) in [5, 5.41) is 0. The van der Waals surface area contributed by atoms with Crippen LogP contribution in [0.2, 0.25) is 0 Å². The van der Waals surface area contributed by atoms with Crippen LogP contribution in [0.4, 0.5) is 11.4 Å². The highest BCUT2D eigenvalue weighted by Gasteiger charge is 2.34. The van der Waals surface area contributed by atoms with Crippen molar-refractivity contribution in [3.63, 3.8) is 0 Å². The number of ether oxygens (including phenoxy) is 4. The van der Waals surface area contributed by atoms with Crippen molar-refractivity contribution in [2.24, 2.45) is 0 Å². The third-order valence-electron chi connectivity index (χ3n) is 6.71. The van der Waals surface area contributed by atoms with E-state index >= 15 is 0 Å². The Kier molecular flexibility index (Phi) is 4.95. The van der Waals surface area contributed by atoms with Crippen molar-refractivity contribution in [1.29, 1.82) is 0 Å². The minimum absolute atomic E-state index is 0.108. The van der Waals surface area contributed by atoms with Gasteiger partial charge in [-0.25, -0.2) is 0 Å². The summed E-state index contributed by atoms with van der Waals surface area (Å²) in [4.78, 5) is 14.1. The maximum absolute atomic E-state index is 14.1. The number of carbonyl (C=O) groups is 1. The zero-order valence-electron chi connectivity index (χ0n) is 18.0. The summed E-state index contributed by atoms with van der Waals surface area (Å²) >= 11 is 0. The van der Waals surface area contributed by atoms with Gasteiger partial charge in [0.2, 0.25) is 0 Å². The summed E-state index contributed by atoms with van der Waals surface area (Å²) in [6, 6.07) is 7.72. The molecule has 4 aliphatic heterocycles. The van der Waals surface area contributed by atoms with Crippen molar-refractivity contribution >= 4 is 17.2 Å². The van der Waals surface area contributed by atoms with Crippen LogP contribution in [0.3, 0.4) is 0 Å². The number of anilines is 2. The molecule has 7 heteroatoms. The van der Waals surface area contributed by atoms with E-state index in [1.807, 2.05) is 24.3 Å². The van der Waals surface area contributed by atoms with Crippen LogP contribution in [-0.2, 0) is 44.6 Å². The Bertz CT molecular complexity index is 985. The lowest BCUT2D eigenvalue weighted by molar-refractivity contribution is 0.103. The number of carbonyl (C=O) groups excluding carboxylic acids is 1. The van der Waals surface area contributed by atoms with Gasteiger partial charge < -0.3 is 30.4 Å². The Labute approximate surface area is 187 Å². The summed E-state index contributed by atoms with van der Waals surface area (Å²) in [6.07, 6.45) is 3.61. The molecule has 2 aromatic carbocycles. The van der Waals surface area contributed by atoms with E-state index in [9.17, 15) is 4.79 Å². The molecule has 0 spiro atoms. The van der Waals surface area contributed by atoms with Crippen LogP contribution in [-0.4, -0.2) is 56.6 Å². The Morgan fingerprint density at radius 3 is 1.34 bits per heavy atom. The van der Waals surface area contributed by atoms with Gasteiger partial charge in [-0.2, -0.15) is 0 Å². The molecule has 6 rings (SSSR count). The predicted molar refractivity (Wildman–Crippen MR) is 119 cm³/mol. The number of benzene rings is 2. The van der Waals surface area contributed by atoms with Gasteiger partial charge in [0.1, 0.15) is 0 Å². The van der Waals surface area contributed by atoms with Crippen LogP contribution in [0, 0.1) is 0 Å². The topological polar surface area (TPSA) is 119 Å². The highest BCUT2D eigenvalue weighted by atomic mass is 16.6. The highest BCUT2D eigenvalue weighted by Crippen LogP contribution is 2.35. The van der Waals surface area contributed by atoms with Crippen LogP contribution in [0.15, 0.2) is 24.3 Å². The van der Waals surface area contributed by atoms with Gasteiger partial charge in [0, 0.05) is 48.2 Å². The number of epoxide rings is 4. The van der Waals surface area contributed by atoms with E-state index in [0.29, 0.717) is 48.6 Å². The van der Waals surface area contributed by atoms with E-state index in [0.717, 1.165) is 48.3 Å². The molecular formula is C25H28N2O5. The molecule has 4 unspecified atom stereocenters. The lowest BCUT2D eigenvalue weighted by Gasteiger charge is -2.20. The summed E-state index contributed by atoms with van der Waals surface area (Å²) < 4.78 is 21.9. The molecule has 0 radical (unpaired) electrons. The molecule has 4 saturated heterocycles. The normalized spacial score (nSPS) is 27.2. The second-order valence-electron chi connectivity index (χ2n) is 9.30. The Morgan fingerprint density at radius 2 is 1.00 bits per heavy atom. The van der Waals surface area contributed by atoms with Gasteiger partial charge in [-0.1, -0.05) is 12.1 Å². The number of nitrogens with two attached hydrogens (primary N) is 2. The first-order valence-corrected chi connectivity index (χ1v) is 11.4. The fourth-order valence-electron chi connectivity index (χ4n) is 4.62. The Morgan fingerprint density at radius 1 is 0.656 bits per heavy atom. The molecule has 4 N–H and O–H groups in total. The van der Waals surface area contributed by atoms with Gasteiger partial charge in [0.25, 0.3) is 0 Å². The zero-order valence-corrected chi connectivity index (χ0v) is 18.0. The smallest absolute Gasteiger partial charge is 0.197 e. The largest absolute Gasteiger partial charge is 0.398 e. The number of hydrogen-bond acceptors (Lipinski definition) is 7. The summed E-state index contributed by atoms with van der Waals surface area (Å²) in [7, 11) is 0. The van der Waals surface area contributed by atoms with Gasteiger partial charge in [0.05, 0.1) is 50.8 Å². The molecule has 168 valence electrons. The monoisotopic (exact) mass is 436 g/mol. The SMILES string of the molecule is Nc1ccc(CC2CO2)c(CC2CO2)c1C(=O)c1c(N)ccc(CC2CO2)c1CC1CO1. The number of ketones is 1. The van der Waals surface area contributed by atoms with Gasteiger partial charge in [0.15, 0.2) is 5.78 Å². The lowest BCUT2D eigenvalue weighted by atomic mass is 9.84. The fraction of sp³-hybridized carbons (Fsp3) is 0.480. The molecule has 7 nitrogen and oxygen atoms in total. The number of hydrogen-bond donors (Lipinski definition) is 2. The maximum atomic E-state index is 14.1. The predicted octanol–water partition coefficient (Wildman–Crippen LogP) is 1.85. The molecule has 0 saturated carbocycles. The average molecular weight is 437 g/mol. The van der Waals surface area contributed by atoms with Crippen molar-refractivity contribution in [3.05, 3.63) is 57.6 Å². The van der Waals surface area contributed by atoms with Crippen molar-refractivity contribution in [3.8, 4) is 0 Å². The second-order valence-corrected chi connectivity index (χ2v) is 9.30. The first kappa shape index (κ1) is 20.2. The van der Waals surface area contributed by atoms with Gasteiger partial charge in [-0.05, 0) is 34.4 Å². The standard InChI is InChI=1S/C25H28N2O5/c26-21-3-1-13(5-15-9-29-15)19(7-17-11-31-17)23(21)25(28)24-20(8-18-12-32-18)14(2-4-22(24)27)6-16-10-30-16/h1-4,15-18H,5-12,26-27H2. The van der Waals surface area contributed by atoms with Gasteiger partial charge in [-0.3, -0.25) is 4.79 Å². The average Bonchev–Trinajstić information content (AvgIpc) is 3.60. The molecule has 0 aromatic heterocycles. The first-order chi connectivity index (χ1) is 15.6. The van der Waals surface area contributed by atoms with Crippen molar-refractivity contribution in [2.75, 3.05) is 37.9 Å². The molecule has 32 heavy (non-hydrogen) atoms. The third kappa shape index (κ3) is 4.26. The lowest BCUT2D eigenvalue weighted by Crippen LogP contribution is -2.19. The van der Waals surface area contributed by atoms with E-state index in [1.54, 1.807) is 0 Å². The van der Waals surface area contributed by atoms with Crippen molar-refractivity contribution < 1.29 is 23.7 Å². The number of rotatable bonds is 10. The van der Waals surface area contributed by atoms with Crippen molar-refractivity contribution in [1.82, 2.24) is 0 Å². The minimum atomic E-state index is -0.108. The quantitative estimate of drug-likeness (QED) is 0.331. The molecule has 2 aromatic rings. The van der Waals surface area contributed by atoms with Gasteiger partial charge >= 0.3 is 0 Å².